The Morgan fingerprint density at radius 3 is 2.17 bits per heavy atom. The molecule has 0 bridgehead atoms. The number of anilines is 1. The summed E-state index contributed by atoms with van der Waals surface area (Å²) in [5, 5.41) is 17.2. The largest absolute Gasteiger partial charge is 0.388 e. The van der Waals surface area contributed by atoms with Gasteiger partial charge in [-0.2, -0.15) is 5.10 Å². The molecule has 0 saturated heterocycles. The summed E-state index contributed by atoms with van der Waals surface area (Å²) in [6, 6.07) is 18.8. The highest BCUT2D eigenvalue weighted by Gasteiger charge is 2.03. The van der Waals surface area contributed by atoms with Crippen LogP contribution in [0.5, 0.6) is 0 Å². The monoisotopic (exact) mass is 469 g/mol. The normalized spacial score (nSPS) is 10.9. The minimum absolute atomic E-state index is 0.606. The van der Waals surface area contributed by atoms with Crippen LogP contribution in [0.4, 0.5) is 5.82 Å². The van der Waals surface area contributed by atoms with Gasteiger partial charge in [0.1, 0.15) is 5.82 Å². The van der Waals surface area contributed by atoms with E-state index in [9.17, 15) is 0 Å². The molecule has 0 atom stereocenters. The second-order valence-electron chi connectivity index (χ2n) is 8.09. The molecule has 0 unspecified atom stereocenters. The van der Waals surface area contributed by atoms with E-state index in [0.29, 0.717) is 13.1 Å². The standard InChI is InChI=1S/C28H33N5.C2H6/c1-20-6-10-24(11-7-20)26(29-5)16-23(4)18-30-15-14-22(3)19-31-28-17-27(32-33-28)25-12-8-21(2)9-13-25;1-2/h6-17,29-30H,3-4,18-19H2,1-2,5H3,(H2,31,32,33);1-2H3/b15-14+,26-16-;. The smallest absolute Gasteiger partial charge is 0.148 e. The van der Waals surface area contributed by atoms with Crippen molar-refractivity contribution in [3.63, 3.8) is 0 Å². The van der Waals surface area contributed by atoms with Crippen molar-refractivity contribution in [2.24, 2.45) is 0 Å². The van der Waals surface area contributed by atoms with Gasteiger partial charge in [0.05, 0.1) is 5.69 Å². The number of rotatable bonds is 11. The van der Waals surface area contributed by atoms with Gasteiger partial charge in [0.2, 0.25) is 0 Å². The van der Waals surface area contributed by atoms with Crippen molar-refractivity contribution in [1.82, 2.24) is 20.8 Å². The molecular weight excluding hydrogens is 430 g/mol. The summed E-state index contributed by atoms with van der Waals surface area (Å²) in [4.78, 5) is 0. The van der Waals surface area contributed by atoms with Crippen LogP contribution in [0.3, 0.4) is 0 Å². The van der Waals surface area contributed by atoms with Crippen molar-refractivity contribution in [3.8, 4) is 11.3 Å². The maximum absolute atomic E-state index is 4.33. The summed E-state index contributed by atoms with van der Waals surface area (Å²) < 4.78 is 0. The lowest BCUT2D eigenvalue weighted by atomic mass is 10.1. The zero-order valence-corrected chi connectivity index (χ0v) is 21.7. The fourth-order valence-electron chi connectivity index (χ4n) is 3.21. The van der Waals surface area contributed by atoms with Gasteiger partial charge in [-0.3, -0.25) is 5.10 Å². The van der Waals surface area contributed by atoms with E-state index in [4.69, 9.17) is 0 Å². The van der Waals surface area contributed by atoms with E-state index < -0.39 is 0 Å². The number of hydrogen-bond acceptors (Lipinski definition) is 4. The number of aromatic nitrogens is 2. The molecule has 4 N–H and O–H groups in total. The molecular formula is C30H39N5. The predicted molar refractivity (Wildman–Crippen MR) is 152 cm³/mol. The van der Waals surface area contributed by atoms with Gasteiger partial charge >= 0.3 is 0 Å². The number of aromatic amines is 1. The Hall–Kier alpha value is -3.99. The molecule has 0 aliphatic rings. The second-order valence-corrected chi connectivity index (χ2v) is 8.09. The maximum Gasteiger partial charge on any atom is 0.148 e. The highest BCUT2D eigenvalue weighted by atomic mass is 15.2. The van der Waals surface area contributed by atoms with Crippen LogP contribution in [-0.2, 0) is 0 Å². The van der Waals surface area contributed by atoms with Crippen molar-refractivity contribution >= 4 is 11.5 Å². The average Bonchev–Trinajstić information content (AvgIpc) is 3.35. The third-order valence-electron chi connectivity index (χ3n) is 5.18. The molecule has 0 fully saturated rings. The van der Waals surface area contributed by atoms with Crippen LogP contribution in [-0.4, -0.2) is 30.3 Å². The summed E-state index contributed by atoms with van der Waals surface area (Å²) in [7, 11) is 1.92. The van der Waals surface area contributed by atoms with Gasteiger partial charge in [-0.15, -0.1) is 0 Å². The van der Waals surface area contributed by atoms with Crippen LogP contribution in [0.15, 0.2) is 97.3 Å². The third kappa shape index (κ3) is 9.05. The second kappa shape index (κ2) is 14.3. The van der Waals surface area contributed by atoms with Gasteiger partial charge < -0.3 is 16.0 Å². The van der Waals surface area contributed by atoms with E-state index >= 15 is 0 Å². The van der Waals surface area contributed by atoms with Gasteiger partial charge in [-0.1, -0.05) is 86.7 Å². The highest BCUT2D eigenvalue weighted by molar-refractivity contribution is 5.66. The summed E-state index contributed by atoms with van der Waals surface area (Å²) in [6.07, 6.45) is 5.91. The molecule has 5 nitrogen and oxygen atoms in total. The Labute approximate surface area is 210 Å². The Morgan fingerprint density at radius 2 is 1.54 bits per heavy atom. The third-order valence-corrected chi connectivity index (χ3v) is 5.18. The zero-order valence-electron chi connectivity index (χ0n) is 21.7. The SMILES string of the molecule is C=C(/C=C(\NC)c1ccc(C)cc1)CN/C=C/C(=C)CNc1cc(-c2ccc(C)cc2)[nH]n1.CC. The summed E-state index contributed by atoms with van der Waals surface area (Å²) in [5.74, 6) is 0.794. The molecule has 0 aliphatic heterocycles. The first-order chi connectivity index (χ1) is 16.9. The molecule has 3 rings (SSSR count). The Kier molecular flexibility index (Phi) is 11.1. The van der Waals surface area contributed by atoms with Crippen LogP contribution in [0.1, 0.15) is 30.5 Å². The average molecular weight is 470 g/mol. The number of aryl methyl sites for hydroxylation is 2. The van der Waals surface area contributed by atoms with Crippen molar-refractivity contribution in [3.05, 3.63) is 114 Å². The first kappa shape index (κ1) is 27.3. The summed E-state index contributed by atoms with van der Waals surface area (Å²) in [5.41, 5.74) is 8.69. The Morgan fingerprint density at radius 1 is 0.914 bits per heavy atom. The number of nitrogens with zero attached hydrogens (tertiary/aromatic N) is 1. The van der Waals surface area contributed by atoms with Crippen LogP contribution >= 0.6 is 0 Å². The molecule has 35 heavy (non-hydrogen) atoms. The van der Waals surface area contributed by atoms with E-state index in [1.54, 1.807) is 0 Å². The first-order valence-electron chi connectivity index (χ1n) is 12.0. The fourth-order valence-corrected chi connectivity index (χ4v) is 3.21. The molecule has 5 heteroatoms. The quantitative estimate of drug-likeness (QED) is 0.239. The number of nitrogens with one attached hydrogen (secondary N) is 4. The molecule has 3 aromatic rings. The Balaban J connectivity index is 0.00000210. The highest BCUT2D eigenvalue weighted by Crippen LogP contribution is 2.20. The molecule has 0 radical (unpaired) electrons. The van der Waals surface area contributed by atoms with Crippen molar-refractivity contribution < 1.29 is 0 Å². The summed E-state index contributed by atoms with van der Waals surface area (Å²) >= 11 is 0. The Bertz CT molecular complexity index is 1130. The van der Waals surface area contributed by atoms with E-state index in [1.165, 1.54) is 11.1 Å². The van der Waals surface area contributed by atoms with Crippen molar-refractivity contribution in [1.29, 1.82) is 0 Å². The van der Waals surface area contributed by atoms with Crippen LogP contribution in [0, 0.1) is 13.8 Å². The molecule has 0 saturated carbocycles. The summed E-state index contributed by atoms with van der Waals surface area (Å²) in [6.45, 7) is 17.7. The number of H-pyrrole nitrogens is 1. The van der Waals surface area contributed by atoms with Crippen LogP contribution in [0.25, 0.3) is 17.0 Å². The predicted octanol–water partition coefficient (Wildman–Crippen LogP) is 6.61. The van der Waals surface area contributed by atoms with Gasteiger partial charge in [0, 0.05) is 31.9 Å². The lowest BCUT2D eigenvalue weighted by molar-refractivity contribution is 0.954. The molecule has 0 aliphatic carbocycles. The van der Waals surface area contributed by atoms with Crippen molar-refractivity contribution in [2.45, 2.75) is 27.7 Å². The molecule has 0 spiro atoms. The minimum Gasteiger partial charge on any atom is -0.388 e. The topological polar surface area (TPSA) is 64.8 Å². The zero-order chi connectivity index (χ0) is 25.6. The van der Waals surface area contributed by atoms with Gasteiger partial charge in [-0.25, -0.2) is 0 Å². The molecule has 184 valence electrons. The first-order valence-corrected chi connectivity index (χ1v) is 12.0. The van der Waals surface area contributed by atoms with Crippen LogP contribution < -0.4 is 16.0 Å². The van der Waals surface area contributed by atoms with E-state index in [0.717, 1.165) is 39.5 Å². The molecule has 0 amide bonds. The molecule has 1 aromatic heterocycles. The maximum atomic E-state index is 4.33. The van der Waals surface area contributed by atoms with Gasteiger partial charge in [0.15, 0.2) is 0 Å². The van der Waals surface area contributed by atoms with E-state index in [1.807, 2.05) is 39.2 Å². The molecule has 1 heterocycles. The minimum atomic E-state index is 0.606. The fraction of sp³-hybridized carbons (Fsp3) is 0.233. The van der Waals surface area contributed by atoms with Gasteiger partial charge in [0.25, 0.3) is 0 Å². The lowest BCUT2D eigenvalue weighted by Crippen LogP contribution is -2.11. The number of benzene rings is 2. The molecule has 2 aromatic carbocycles. The van der Waals surface area contributed by atoms with Crippen molar-refractivity contribution in [2.75, 3.05) is 25.5 Å². The van der Waals surface area contributed by atoms with E-state index in [-0.39, 0.29) is 0 Å². The van der Waals surface area contributed by atoms with Crippen LogP contribution in [0.2, 0.25) is 0 Å². The number of hydrogen-bond donors (Lipinski definition) is 4. The lowest BCUT2D eigenvalue weighted by Gasteiger charge is -2.09. The van der Waals surface area contributed by atoms with Gasteiger partial charge in [-0.05, 0) is 54.5 Å². The van der Waals surface area contributed by atoms with E-state index in [2.05, 4.69) is 108 Å².